The van der Waals surface area contributed by atoms with Crippen molar-refractivity contribution >= 4 is 17.2 Å². The van der Waals surface area contributed by atoms with E-state index in [1.165, 1.54) is 17.6 Å². The van der Waals surface area contributed by atoms with Crippen molar-refractivity contribution < 1.29 is 4.92 Å². The summed E-state index contributed by atoms with van der Waals surface area (Å²) in [4.78, 5) is 10.3. The largest absolute Gasteiger partial charge is 0.278 e. The van der Waals surface area contributed by atoms with Gasteiger partial charge in [-0.1, -0.05) is 12.1 Å². The second-order valence-corrected chi connectivity index (χ2v) is 3.32. The zero-order chi connectivity index (χ0) is 9.97. The van der Waals surface area contributed by atoms with E-state index in [1.54, 1.807) is 29.6 Å². The number of benzene rings is 1. The van der Waals surface area contributed by atoms with E-state index in [2.05, 4.69) is 4.37 Å². The fourth-order valence-electron chi connectivity index (χ4n) is 1.20. The van der Waals surface area contributed by atoms with Crippen LogP contribution in [0.3, 0.4) is 0 Å². The highest BCUT2D eigenvalue weighted by molar-refractivity contribution is 7.03. The number of hydrogen-bond donors (Lipinski definition) is 0. The SMILES string of the molecule is O=[N+]([O-])c1ccccc1-c1ccsn1. The lowest BCUT2D eigenvalue weighted by atomic mass is 10.1. The van der Waals surface area contributed by atoms with Crippen LogP contribution in [0.2, 0.25) is 0 Å². The predicted octanol–water partition coefficient (Wildman–Crippen LogP) is 2.72. The highest BCUT2D eigenvalue weighted by atomic mass is 32.1. The van der Waals surface area contributed by atoms with Gasteiger partial charge in [0.05, 0.1) is 16.2 Å². The summed E-state index contributed by atoms with van der Waals surface area (Å²) in [6.45, 7) is 0. The molecule has 0 aliphatic rings. The van der Waals surface area contributed by atoms with E-state index in [4.69, 9.17) is 0 Å². The number of hydrogen-bond acceptors (Lipinski definition) is 4. The van der Waals surface area contributed by atoms with Crippen molar-refractivity contribution in [2.75, 3.05) is 0 Å². The lowest BCUT2D eigenvalue weighted by Crippen LogP contribution is -1.91. The van der Waals surface area contributed by atoms with Crippen molar-refractivity contribution in [2.45, 2.75) is 0 Å². The maximum absolute atomic E-state index is 10.7. The summed E-state index contributed by atoms with van der Waals surface area (Å²) in [5.74, 6) is 0. The molecule has 0 saturated heterocycles. The van der Waals surface area contributed by atoms with Gasteiger partial charge in [0.15, 0.2) is 0 Å². The van der Waals surface area contributed by atoms with E-state index in [0.717, 1.165) is 0 Å². The zero-order valence-corrected chi connectivity index (χ0v) is 7.90. The molecule has 0 saturated carbocycles. The molecule has 0 spiro atoms. The molecule has 14 heavy (non-hydrogen) atoms. The number of para-hydroxylation sites is 1. The third kappa shape index (κ3) is 1.49. The fraction of sp³-hybridized carbons (Fsp3) is 0. The number of nitro groups is 1. The molecule has 0 fully saturated rings. The van der Waals surface area contributed by atoms with Crippen LogP contribution in [0, 0.1) is 10.1 Å². The van der Waals surface area contributed by atoms with E-state index >= 15 is 0 Å². The van der Waals surface area contributed by atoms with Crippen molar-refractivity contribution in [1.29, 1.82) is 0 Å². The van der Waals surface area contributed by atoms with Gasteiger partial charge >= 0.3 is 0 Å². The molecule has 0 aliphatic heterocycles. The first kappa shape index (κ1) is 8.83. The van der Waals surface area contributed by atoms with E-state index in [1.807, 2.05) is 0 Å². The van der Waals surface area contributed by atoms with Crippen molar-refractivity contribution in [1.82, 2.24) is 4.37 Å². The highest BCUT2D eigenvalue weighted by Gasteiger charge is 2.14. The number of nitrogens with zero attached hydrogens (tertiary/aromatic N) is 2. The van der Waals surface area contributed by atoms with Gasteiger partial charge in [-0.2, -0.15) is 4.37 Å². The summed E-state index contributed by atoms with van der Waals surface area (Å²) < 4.78 is 4.07. The normalized spacial score (nSPS) is 10.0. The summed E-state index contributed by atoms with van der Waals surface area (Å²) >= 11 is 1.28. The van der Waals surface area contributed by atoms with Crippen molar-refractivity contribution in [3.63, 3.8) is 0 Å². The monoisotopic (exact) mass is 206 g/mol. The first-order valence-corrected chi connectivity index (χ1v) is 4.77. The van der Waals surface area contributed by atoms with Crippen molar-refractivity contribution in [2.24, 2.45) is 0 Å². The molecule has 1 aromatic carbocycles. The standard InChI is InChI=1S/C9H6N2O2S/c12-11(13)9-4-2-1-3-7(9)8-5-6-14-10-8/h1-6H. The Bertz CT molecular complexity index is 454. The summed E-state index contributed by atoms with van der Waals surface area (Å²) in [6.07, 6.45) is 0. The molecule has 0 aliphatic carbocycles. The summed E-state index contributed by atoms with van der Waals surface area (Å²) in [5, 5.41) is 12.5. The van der Waals surface area contributed by atoms with Crippen LogP contribution in [0.15, 0.2) is 35.7 Å². The molecular formula is C9H6N2O2S. The quantitative estimate of drug-likeness (QED) is 0.560. The van der Waals surface area contributed by atoms with Crippen LogP contribution >= 0.6 is 11.5 Å². The van der Waals surface area contributed by atoms with Gasteiger partial charge in [-0.05, 0) is 23.7 Å². The van der Waals surface area contributed by atoms with Crippen LogP contribution in [0.5, 0.6) is 0 Å². The Labute approximate surface area is 84.1 Å². The van der Waals surface area contributed by atoms with E-state index < -0.39 is 4.92 Å². The van der Waals surface area contributed by atoms with E-state index in [0.29, 0.717) is 11.3 Å². The summed E-state index contributed by atoms with van der Waals surface area (Å²) in [5.41, 5.74) is 1.32. The average Bonchev–Trinajstić information content (AvgIpc) is 2.70. The second-order valence-electron chi connectivity index (χ2n) is 2.66. The van der Waals surface area contributed by atoms with Gasteiger partial charge in [0.1, 0.15) is 0 Å². The Balaban J connectivity index is 2.58. The summed E-state index contributed by atoms with van der Waals surface area (Å²) in [7, 11) is 0. The molecule has 0 unspecified atom stereocenters. The molecule has 0 N–H and O–H groups in total. The van der Waals surface area contributed by atoms with Crippen LogP contribution in [0.25, 0.3) is 11.3 Å². The van der Waals surface area contributed by atoms with Crippen LogP contribution in [0.1, 0.15) is 0 Å². The molecule has 2 aromatic rings. The molecule has 70 valence electrons. The van der Waals surface area contributed by atoms with Crippen LogP contribution in [0.4, 0.5) is 5.69 Å². The zero-order valence-electron chi connectivity index (χ0n) is 7.08. The molecule has 2 rings (SSSR count). The van der Waals surface area contributed by atoms with Crippen molar-refractivity contribution in [3.05, 3.63) is 45.8 Å². The molecule has 0 amide bonds. The number of aromatic nitrogens is 1. The number of rotatable bonds is 2. The molecule has 4 nitrogen and oxygen atoms in total. The maximum atomic E-state index is 10.7. The third-order valence-corrected chi connectivity index (χ3v) is 2.37. The minimum absolute atomic E-state index is 0.0957. The average molecular weight is 206 g/mol. The van der Waals surface area contributed by atoms with Gasteiger partial charge in [0, 0.05) is 11.4 Å². The Kier molecular flexibility index (Phi) is 2.24. The minimum Gasteiger partial charge on any atom is -0.258 e. The van der Waals surface area contributed by atoms with Gasteiger partial charge in [-0.3, -0.25) is 10.1 Å². The number of nitro benzene ring substituents is 1. The highest BCUT2D eigenvalue weighted by Crippen LogP contribution is 2.28. The molecule has 5 heteroatoms. The molecular weight excluding hydrogens is 200 g/mol. The van der Waals surface area contributed by atoms with Gasteiger partial charge in [-0.15, -0.1) is 0 Å². The predicted molar refractivity (Wildman–Crippen MR) is 54.2 cm³/mol. The fourth-order valence-corrected chi connectivity index (χ4v) is 1.72. The minimum atomic E-state index is -0.394. The van der Waals surface area contributed by atoms with Gasteiger partial charge in [0.2, 0.25) is 0 Å². The van der Waals surface area contributed by atoms with Gasteiger partial charge < -0.3 is 0 Å². The summed E-state index contributed by atoms with van der Waals surface area (Å²) in [6, 6.07) is 8.37. The van der Waals surface area contributed by atoms with Crippen LogP contribution in [-0.4, -0.2) is 9.30 Å². The Morgan fingerprint density at radius 2 is 2.07 bits per heavy atom. The van der Waals surface area contributed by atoms with E-state index in [9.17, 15) is 10.1 Å². The first-order chi connectivity index (χ1) is 6.79. The smallest absolute Gasteiger partial charge is 0.258 e. The van der Waals surface area contributed by atoms with Gasteiger partial charge in [0.25, 0.3) is 5.69 Å². The van der Waals surface area contributed by atoms with E-state index in [-0.39, 0.29) is 5.69 Å². The topological polar surface area (TPSA) is 56.0 Å². The van der Waals surface area contributed by atoms with Crippen LogP contribution < -0.4 is 0 Å². The van der Waals surface area contributed by atoms with Crippen molar-refractivity contribution in [3.8, 4) is 11.3 Å². The maximum Gasteiger partial charge on any atom is 0.278 e. The third-order valence-electron chi connectivity index (χ3n) is 1.81. The second kappa shape index (κ2) is 3.55. The molecule has 1 aromatic heterocycles. The molecule has 1 heterocycles. The molecule has 0 bridgehead atoms. The van der Waals surface area contributed by atoms with Crippen LogP contribution in [-0.2, 0) is 0 Å². The first-order valence-electron chi connectivity index (χ1n) is 3.93. The lowest BCUT2D eigenvalue weighted by Gasteiger charge is -1.97. The molecule has 0 atom stereocenters. The van der Waals surface area contributed by atoms with Gasteiger partial charge in [-0.25, -0.2) is 0 Å². The Morgan fingerprint density at radius 1 is 1.29 bits per heavy atom. The Morgan fingerprint density at radius 3 is 2.71 bits per heavy atom. The lowest BCUT2D eigenvalue weighted by molar-refractivity contribution is -0.384. The Hall–Kier alpha value is -1.75. The molecule has 0 radical (unpaired) electrons.